The Morgan fingerprint density at radius 3 is 2.48 bits per heavy atom. The van der Waals surface area contributed by atoms with Crippen LogP contribution in [0.5, 0.6) is 0 Å². The van der Waals surface area contributed by atoms with Gasteiger partial charge >= 0.3 is 12.1 Å². The van der Waals surface area contributed by atoms with Crippen molar-refractivity contribution in [3.8, 4) is 0 Å². The molecular weight excluding hydrogens is 289 g/mol. The normalized spacial score (nSPS) is 20.0. The van der Waals surface area contributed by atoms with Gasteiger partial charge in [-0.25, -0.2) is 0 Å². The maximum atomic E-state index is 12.5. The molecule has 8 heteroatoms. The van der Waals surface area contributed by atoms with E-state index in [1.54, 1.807) is 13.8 Å². The molecule has 0 spiro atoms. The largest absolute Gasteiger partial charge is 0.480 e. The summed E-state index contributed by atoms with van der Waals surface area (Å²) in [5.74, 6) is -1.80. The fourth-order valence-electron chi connectivity index (χ4n) is 2.48. The molecule has 1 heterocycles. The van der Waals surface area contributed by atoms with Crippen LogP contribution in [0.15, 0.2) is 0 Å². The summed E-state index contributed by atoms with van der Waals surface area (Å²) < 4.78 is 37.6. The zero-order chi connectivity index (χ0) is 16.2. The van der Waals surface area contributed by atoms with Crippen LogP contribution < -0.4 is 0 Å². The highest BCUT2D eigenvalue weighted by Gasteiger charge is 2.36. The molecule has 1 aliphatic heterocycles. The first-order valence-corrected chi connectivity index (χ1v) is 6.91. The minimum atomic E-state index is -4.46. The van der Waals surface area contributed by atoms with Gasteiger partial charge in [0.05, 0.1) is 6.54 Å². The van der Waals surface area contributed by atoms with Gasteiger partial charge in [0, 0.05) is 6.54 Å². The average Bonchev–Trinajstić information content (AvgIpc) is 2.73. The molecule has 1 unspecified atom stereocenters. The highest BCUT2D eigenvalue weighted by molar-refractivity contribution is 5.80. The number of carboxylic acids is 1. The molecule has 0 radical (unpaired) electrons. The smallest absolute Gasteiger partial charge is 0.406 e. The van der Waals surface area contributed by atoms with E-state index in [1.807, 2.05) is 0 Å². The fourth-order valence-corrected chi connectivity index (χ4v) is 2.48. The van der Waals surface area contributed by atoms with Crippen molar-refractivity contribution in [2.24, 2.45) is 5.92 Å². The Balaban J connectivity index is 2.69. The van der Waals surface area contributed by atoms with Crippen molar-refractivity contribution in [2.45, 2.75) is 38.9 Å². The molecule has 0 saturated carbocycles. The van der Waals surface area contributed by atoms with Gasteiger partial charge in [-0.15, -0.1) is 0 Å². The van der Waals surface area contributed by atoms with E-state index in [4.69, 9.17) is 5.11 Å². The van der Waals surface area contributed by atoms with Gasteiger partial charge in [0.15, 0.2) is 0 Å². The number of carbonyl (C=O) groups is 2. The lowest BCUT2D eigenvalue weighted by atomic mass is 10.2. The molecule has 0 aromatic rings. The monoisotopic (exact) mass is 310 g/mol. The standard InChI is InChI=1S/C13H21F3N2O3/c1-9(2)6-18(8-13(14,15)16)11(19)7-17-5-3-4-10(17)12(20)21/h9-10H,3-8H2,1-2H3,(H,20,21). The predicted octanol–water partition coefficient (Wildman–Crippen LogP) is 1.58. The summed E-state index contributed by atoms with van der Waals surface area (Å²) in [6.45, 7) is 2.31. The Kier molecular flexibility index (Phi) is 6.00. The molecule has 0 aromatic heterocycles. The van der Waals surface area contributed by atoms with E-state index in [1.165, 1.54) is 4.90 Å². The van der Waals surface area contributed by atoms with Crippen LogP contribution >= 0.6 is 0 Å². The third-order valence-corrected chi connectivity index (χ3v) is 3.30. The van der Waals surface area contributed by atoms with Crippen LogP contribution in [0.1, 0.15) is 26.7 Å². The van der Waals surface area contributed by atoms with Gasteiger partial charge in [-0.1, -0.05) is 13.8 Å². The number of likely N-dealkylation sites (tertiary alicyclic amines) is 1. The average molecular weight is 310 g/mol. The van der Waals surface area contributed by atoms with Crippen LogP contribution in [0, 0.1) is 5.92 Å². The Labute approximate surface area is 121 Å². The van der Waals surface area contributed by atoms with Crippen LogP contribution in [0.25, 0.3) is 0 Å². The molecule has 1 N–H and O–H groups in total. The highest BCUT2D eigenvalue weighted by Crippen LogP contribution is 2.20. The first-order chi connectivity index (χ1) is 9.60. The molecule has 1 fully saturated rings. The lowest BCUT2D eigenvalue weighted by molar-refractivity contribution is -0.163. The number of amides is 1. The summed E-state index contributed by atoms with van der Waals surface area (Å²) in [5, 5.41) is 9.02. The quantitative estimate of drug-likeness (QED) is 0.809. The number of carbonyl (C=O) groups excluding carboxylic acids is 1. The summed E-state index contributed by atoms with van der Waals surface area (Å²) in [6, 6.07) is -0.777. The maximum Gasteiger partial charge on any atom is 0.406 e. The molecular formula is C13H21F3N2O3. The van der Waals surface area contributed by atoms with Gasteiger partial charge in [0.2, 0.25) is 5.91 Å². The molecule has 1 rings (SSSR count). The van der Waals surface area contributed by atoms with Gasteiger partial charge in [0.25, 0.3) is 0 Å². The van der Waals surface area contributed by atoms with Gasteiger partial charge in [-0.2, -0.15) is 13.2 Å². The van der Waals surface area contributed by atoms with Gasteiger partial charge in [-0.3, -0.25) is 14.5 Å². The highest BCUT2D eigenvalue weighted by atomic mass is 19.4. The molecule has 0 bridgehead atoms. The van der Waals surface area contributed by atoms with Crippen molar-refractivity contribution in [1.29, 1.82) is 0 Å². The third kappa shape index (κ3) is 5.91. The fraction of sp³-hybridized carbons (Fsp3) is 0.846. The number of nitrogens with zero attached hydrogens (tertiary/aromatic N) is 2. The molecule has 1 saturated heterocycles. The Bertz CT molecular complexity index is 385. The van der Waals surface area contributed by atoms with E-state index in [-0.39, 0.29) is 19.0 Å². The Hall–Kier alpha value is -1.31. The van der Waals surface area contributed by atoms with E-state index in [0.717, 1.165) is 4.90 Å². The van der Waals surface area contributed by atoms with E-state index >= 15 is 0 Å². The lowest BCUT2D eigenvalue weighted by Crippen LogP contribution is -2.48. The molecule has 0 aromatic carbocycles. The SMILES string of the molecule is CC(C)CN(CC(F)(F)F)C(=O)CN1CCCC1C(=O)O. The third-order valence-electron chi connectivity index (χ3n) is 3.30. The second-order valence-corrected chi connectivity index (χ2v) is 5.75. The second-order valence-electron chi connectivity index (χ2n) is 5.75. The minimum Gasteiger partial charge on any atom is -0.480 e. The minimum absolute atomic E-state index is 0.00389. The van der Waals surface area contributed by atoms with E-state index in [0.29, 0.717) is 19.4 Å². The zero-order valence-corrected chi connectivity index (χ0v) is 12.2. The van der Waals surface area contributed by atoms with Crippen LogP contribution in [0.2, 0.25) is 0 Å². The summed E-state index contributed by atoms with van der Waals surface area (Å²) in [7, 11) is 0. The van der Waals surface area contributed by atoms with Crippen molar-refractivity contribution in [1.82, 2.24) is 9.80 Å². The second kappa shape index (κ2) is 7.11. The van der Waals surface area contributed by atoms with E-state index < -0.39 is 30.6 Å². The Morgan fingerprint density at radius 2 is 2.00 bits per heavy atom. The van der Waals surface area contributed by atoms with Crippen LogP contribution in [-0.2, 0) is 9.59 Å². The molecule has 1 amide bonds. The summed E-state index contributed by atoms with van der Waals surface area (Å²) in [4.78, 5) is 25.3. The van der Waals surface area contributed by atoms with Crippen molar-refractivity contribution >= 4 is 11.9 Å². The molecule has 21 heavy (non-hydrogen) atoms. The molecule has 122 valence electrons. The van der Waals surface area contributed by atoms with Crippen molar-refractivity contribution in [3.05, 3.63) is 0 Å². The number of hydrogen-bond donors (Lipinski definition) is 1. The van der Waals surface area contributed by atoms with Crippen molar-refractivity contribution in [2.75, 3.05) is 26.2 Å². The maximum absolute atomic E-state index is 12.5. The summed E-state index contributed by atoms with van der Waals surface area (Å²) in [5.41, 5.74) is 0. The zero-order valence-electron chi connectivity index (χ0n) is 12.2. The lowest BCUT2D eigenvalue weighted by Gasteiger charge is -2.29. The van der Waals surface area contributed by atoms with Crippen LogP contribution in [-0.4, -0.2) is 65.2 Å². The predicted molar refractivity (Wildman–Crippen MR) is 69.7 cm³/mol. The number of alkyl halides is 3. The molecule has 5 nitrogen and oxygen atoms in total. The van der Waals surface area contributed by atoms with E-state index in [9.17, 15) is 22.8 Å². The molecule has 1 aliphatic rings. The summed E-state index contributed by atoms with van der Waals surface area (Å²) >= 11 is 0. The van der Waals surface area contributed by atoms with E-state index in [2.05, 4.69) is 0 Å². The molecule has 1 atom stereocenters. The topological polar surface area (TPSA) is 60.9 Å². The van der Waals surface area contributed by atoms with Gasteiger partial charge in [0.1, 0.15) is 12.6 Å². The Morgan fingerprint density at radius 1 is 1.38 bits per heavy atom. The molecule has 0 aliphatic carbocycles. The number of halogens is 3. The van der Waals surface area contributed by atoms with Crippen molar-refractivity contribution < 1.29 is 27.9 Å². The first-order valence-electron chi connectivity index (χ1n) is 6.91. The number of hydrogen-bond acceptors (Lipinski definition) is 3. The summed E-state index contributed by atoms with van der Waals surface area (Å²) in [6.07, 6.45) is -3.40. The van der Waals surface area contributed by atoms with Crippen molar-refractivity contribution in [3.63, 3.8) is 0 Å². The van der Waals surface area contributed by atoms with Crippen LogP contribution in [0.4, 0.5) is 13.2 Å². The van der Waals surface area contributed by atoms with Crippen LogP contribution in [0.3, 0.4) is 0 Å². The number of rotatable bonds is 6. The number of aliphatic carboxylic acids is 1. The van der Waals surface area contributed by atoms with Gasteiger partial charge < -0.3 is 10.0 Å². The van der Waals surface area contributed by atoms with Gasteiger partial charge in [-0.05, 0) is 25.3 Å². The number of carboxylic acid groups (broad SMARTS) is 1. The first kappa shape index (κ1) is 17.7.